The Kier molecular flexibility index (Phi) is 6.53. The zero-order valence-corrected chi connectivity index (χ0v) is 18.1. The Morgan fingerprint density at radius 3 is 2.74 bits per heavy atom. The summed E-state index contributed by atoms with van der Waals surface area (Å²) in [6.45, 7) is 9.15. The number of esters is 1. The van der Waals surface area contributed by atoms with Crippen LogP contribution in [-0.4, -0.2) is 63.3 Å². The molecule has 1 aliphatic heterocycles. The van der Waals surface area contributed by atoms with Crippen molar-refractivity contribution in [1.29, 1.82) is 0 Å². The summed E-state index contributed by atoms with van der Waals surface area (Å²) in [7, 11) is 0. The van der Waals surface area contributed by atoms with E-state index in [1.54, 1.807) is 20.1 Å². The highest BCUT2D eigenvalue weighted by atomic mass is 16.5. The van der Waals surface area contributed by atoms with E-state index in [-0.39, 0.29) is 12.4 Å². The van der Waals surface area contributed by atoms with Crippen LogP contribution in [0.3, 0.4) is 0 Å². The summed E-state index contributed by atoms with van der Waals surface area (Å²) in [6.07, 6.45) is 2.61. The Bertz CT molecular complexity index is 1110. The number of nitrogens with zero attached hydrogens (tertiary/aromatic N) is 1. The van der Waals surface area contributed by atoms with Gasteiger partial charge in [0.15, 0.2) is 0 Å². The van der Waals surface area contributed by atoms with Gasteiger partial charge < -0.3 is 23.9 Å². The normalized spacial score (nSPS) is 15.3. The van der Waals surface area contributed by atoms with Gasteiger partial charge in [0.1, 0.15) is 35.7 Å². The number of carbonyl (C=O) groups excluding carboxylic acids is 1. The van der Waals surface area contributed by atoms with E-state index in [1.165, 1.54) is 4.90 Å². The van der Waals surface area contributed by atoms with Crippen LogP contribution in [0.25, 0.3) is 21.7 Å². The number of aliphatic imine (C=N–C) groups is 1. The van der Waals surface area contributed by atoms with E-state index in [0.717, 1.165) is 44.7 Å². The van der Waals surface area contributed by atoms with Gasteiger partial charge in [-0.05, 0) is 13.8 Å². The van der Waals surface area contributed by atoms with Crippen molar-refractivity contribution in [2.24, 2.45) is 4.99 Å². The SMILES string of the molecule is CCOC(=O)c1c(C)oc2c1c(C=NCCC[NH+]1CCOCC1)c(O)c1ccccc12. The van der Waals surface area contributed by atoms with Crippen LogP contribution in [0.15, 0.2) is 33.7 Å². The molecule has 1 fully saturated rings. The van der Waals surface area contributed by atoms with Gasteiger partial charge >= 0.3 is 5.97 Å². The number of aromatic hydroxyl groups is 1. The molecule has 164 valence electrons. The number of phenols is 1. The lowest BCUT2D eigenvalue weighted by atomic mass is 9.98. The number of nitrogens with one attached hydrogen (secondary N) is 1. The molecule has 0 bridgehead atoms. The summed E-state index contributed by atoms with van der Waals surface area (Å²) in [5.74, 6) is 0.103. The summed E-state index contributed by atoms with van der Waals surface area (Å²) in [6, 6.07) is 7.46. The van der Waals surface area contributed by atoms with Crippen LogP contribution in [0.5, 0.6) is 5.75 Å². The van der Waals surface area contributed by atoms with Gasteiger partial charge in [0.25, 0.3) is 0 Å². The fraction of sp³-hybridized carbons (Fsp3) is 0.417. The number of rotatable bonds is 7. The molecular weight excluding hydrogens is 396 g/mol. The minimum atomic E-state index is -0.459. The molecule has 3 aromatic rings. The van der Waals surface area contributed by atoms with E-state index in [1.807, 2.05) is 24.3 Å². The van der Waals surface area contributed by atoms with E-state index < -0.39 is 5.97 Å². The van der Waals surface area contributed by atoms with Gasteiger partial charge in [0.2, 0.25) is 0 Å². The number of furan rings is 1. The minimum Gasteiger partial charge on any atom is -0.507 e. The average molecular weight is 426 g/mol. The van der Waals surface area contributed by atoms with Gasteiger partial charge in [-0.2, -0.15) is 0 Å². The summed E-state index contributed by atoms with van der Waals surface area (Å²) in [4.78, 5) is 18.8. The number of quaternary nitrogens is 1. The summed E-state index contributed by atoms with van der Waals surface area (Å²) < 4.78 is 16.6. The highest BCUT2D eigenvalue weighted by Gasteiger charge is 2.26. The maximum atomic E-state index is 12.7. The molecule has 7 heteroatoms. The molecule has 1 aliphatic rings. The molecule has 0 radical (unpaired) electrons. The number of hydrogen-bond acceptors (Lipinski definition) is 6. The Morgan fingerprint density at radius 2 is 2.00 bits per heavy atom. The smallest absolute Gasteiger partial charge is 0.342 e. The third-order valence-electron chi connectivity index (χ3n) is 5.75. The van der Waals surface area contributed by atoms with E-state index in [2.05, 4.69) is 4.99 Å². The number of ether oxygens (including phenoxy) is 2. The molecule has 0 unspecified atom stereocenters. The van der Waals surface area contributed by atoms with Crippen molar-refractivity contribution >= 4 is 33.9 Å². The predicted molar refractivity (Wildman–Crippen MR) is 120 cm³/mol. The van der Waals surface area contributed by atoms with E-state index in [4.69, 9.17) is 13.9 Å². The van der Waals surface area contributed by atoms with Crippen LogP contribution in [0.1, 0.15) is 35.0 Å². The maximum Gasteiger partial charge on any atom is 0.342 e. The molecule has 4 rings (SSSR count). The van der Waals surface area contributed by atoms with Gasteiger partial charge in [0, 0.05) is 40.9 Å². The van der Waals surface area contributed by atoms with Crippen LogP contribution in [0.2, 0.25) is 0 Å². The van der Waals surface area contributed by atoms with Crippen LogP contribution in [0.4, 0.5) is 0 Å². The predicted octanol–water partition coefficient (Wildman–Crippen LogP) is 2.50. The van der Waals surface area contributed by atoms with Crippen molar-refractivity contribution in [1.82, 2.24) is 0 Å². The van der Waals surface area contributed by atoms with Gasteiger partial charge in [-0.15, -0.1) is 0 Å². The number of carbonyl (C=O) groups is 1. The molecule has 7 nitrogen and oxygen atoms in total. The van der Waals surface area contributed by atoms with E-state index in [0.29, 0.717) is 39.8 Å². The average Bonchev–Trinajstić information content (AvgIpc) is 3.13. The number of benzene rings is 2. The lowest BCUT2D eigenvalue weighted by Crippen LogP contribution is -3.14. The number of morpholine rings is 1. The highest BCUT2D eigenvalue weighted by molar-refractivity contribution is 6.21. The second-order valence-electron chi connectivity index (χ2n) is 7.77. The first-order valence-corrected chi connectivity index (χ1v) is 10.9. The Morgan fingerprint density at radius 1 is 1.26 bits per heavy atom. The molecule has 0 atom stereocenters. The molecule has 1 aromatic heterocycles. The fourth-order valence-corrected chi connectivity index (χ4v) is 4.20. The first-order chi connectivity index (χ1) is 15.1. The molecule has 2 aromatic carbocycles. The fourth-order valence-electron chi connectivity index (χ4n) is 4.20. The third-order valence-corrected chi connectivity index (χ3v) is 5.75. The number of hydrogen-bond donors (Lipinski definition) is 2. The number of fused-ring (bicyclic) bond motifs is 3. The van der Waals surface area contributed by atoms with Gasteiger partial charge in [-0.1, -0.05) is 24.3 Å². The van der Waals surface area contributed by atoms with Crippen molar-refractivity contribution in [3.05, 3.63) is 41.2 Å². The van der Waals surface area contributed by atoms with Crippen LogP contribution < -0.4 is 4.90 Å². The summed E-state index contributed by atoms with van der Waals surface area (Å²) >= 11 is 0. The second kappa shape index (κ2) is 9.49. The lowest BCUT2D eigenvalue weighted by molar-refractivity contribution is -0.908. The zero-order chi connectivity index (χ0) is 21.8. The topological polar surface area (TPSA) is 85.7 Å². The van der Waals surface area contributed by atoms with E-state index in [9.17, 15) is 9.90 Å². The van der Waals surface area contributed by atoms with E-state index >= 15 is 0 Å². The summed E-state index contributed by atoms with van der Waals surface area (Å²) in [5, 5.41) is 13.0. The van der Waals surface area contributed by atoms with Crippen molar-refractivity contribution < 1.29 is 28.7 Å². The maximum absolute atomic E-state index is 12.7. The standard InChI is InChI=1S/C24H28N2O5/c1-3-30-24(28)20-16(2)31-23-18-8-5-4-7-17(18)22(27)19(21(20)23)15-25-9-6-10-26-11-13-29-14-12-26/h4-5,7-8,15,27H,3,6,9-14H2,1-2H3/p+1. The Hall–Kier alpha value is -2.90. The highest BCUT2D eigenvalue weighted by Crippen LogP contribution is 2.40. The molecule has 2 heterocycles. The molecule has 0 spiro atoms. The van der Waals surface area contributed by atoms with Crippen molar-refractivity contribution in [2.45, 2.75) is 20.3 Å². The first-order valence-electron chi connectivity index (χ1n) is 10.9. The van der Waals surface area contributed by atoms with Crippen molar-refractivity contribution in [2.75, 3.05) is 46.0 Å². The lowest BCUT2D eigenvalue weighted by Gasteiger charge is -2.23. The Labute approximate surface area is 181 Å². The second-order valence-corrected chi connectivity index (χ2v) is 7.77. The minimum absolute atomic E-state index is 0.0944. The largest absolute Gasteiger partial charge is 0.507 e. The molecule has 2 N–H and O–H groups in total. The first kappa shape index (κ1) is 21.3. The third kappa shape index (κ3) is 4.29. The summed E-state index contributed by atoms with van der Waals surface area (Å²) in [5.41, 5.74) is 1.40. The van der Waals surface area contributed by atoms with Crippen LogP contribution >= 0.6 is 0 Å². The number of aryl methyl sites for hydroxylation is 1. The van der Waals surface area contributed by atoms with Gasteiger partial charge in [-0.3, -0.25) is 4.99 Å². The Balaban J connectivity index is 1.69. The van der Waals surface area contributed by atoms with Gasteiger partial charge in [0.05, 0.1) is 26.4 Å². The van der Waals surface area contributed by atoms with Crippen LogP contribution in [-0.2, 0) is 9.47 Å². The van der Waals surface area contributed by atoms with Gasteiger partial charge in [-0.25, -0.2) is 4.79 Å². The molecule has 0 aliphatic carbocycles. The van der Waals surface area contributed by atoms with Crippen LogP contribution in [0, 0.1) is 6.92 Å². The number of phenolic OH excluding ortho intramolecular Hbond substituents is 1. The molecule has 0 amide bonds. The molecule has 1 saturated heterocycles. The van der Waals surface area contributed by atoms with Crippen molar-refractivity contribution in [3.63, 3.8) is 0 Å². The molecule has 0 saturated carbocycles. The monoisotopic (exact) mass is 425 g/mol. The molecule has 31 heavy (non-hydrogen) atoms. The quantitative estimate of drug-likeness (QED) is 0.345. The van der Waals surface area contributed by atoms with Crippen molar-refractivity contribution in [3.8, 4) is 5.75 Å². The molecular formula is C24H29N2O5+. The zero-order valence-electron chi connectivity index (χ0n) is 18.1.